The smallest absolute Gasteiger partial charge is 0.269 e. The maximum absolute atomic E-state index is 12.3. The minimum atomic E-state index is -0.428. The van der Waals surface area contributed by atoms with E-state index >= 15 is 0 Å². The van der Waals surface area contributed by atoms with Gasteiger partial charge in [-0.05, 0) is 47.0 Å². The Morgan fingerprint density at radius 1 is 0.793 bits per heavy atom. The van der Waals surface area contributed by atoms with Crippen LogP contribution in [-0.2, 0) is 16.0 Å². The van der Waals surface area contributed by atoms with Gasteiger partial charge in [-0.1, -0.05) is 49.4 Å². The molecule has 6 heteroatoms. The van der Waals surface area contributed by atoms with Crippen LogP contribution >= 0.6 is 0 Å². The minimum Gasteiger partial charge on any atom is -0.326 e. The molecule has 0 atom stereocenters. The highest BCUT2D eigenvalue weighted by molar-refractivity contribution is 5.97. The Kier molecular flexibility index (Phi) is 6.58. The van der Waals surface area contributed by atoms with Gasteiger partial charge in [0.15, 0.2) is 0 Å². The number of nitrogens with one attached hydrogen (secondary N) is 3. The lowest BCUT2D eigenvalue weighted by atomic mass is 10.0. The molecule has 0 aromatic heterocycles. The van der Waals surface area contributed by atoms with Crippen molar-refractivity contribution in [1.82, 2.24) is 10.9 Å². The summed E-state index contributed by atoms with van der Waals surface area (Å²) in [5.41, 5.74) is 6.77. The summed E-state index contributed by atoms with van der Waals surface area (Å²) in [6.07, 6.45) is 1.37. The fourth-order valence-electron chi connectivity index (χ4n) is 3.02. The number of amides is 3. The molecule has 0 bridgehead atoms. The molecule has 0 saturated heterocycles. The molecule has 0 fully saturated rings. The van der Waals surface area contributed by atoms with Crippen LogP contribution in [0.1, 0.15) is 35.7 Å². The van der Waals surface area contributed by atoms with E-state index in [1.807, 2.05) is 49.4 Å². The summed E-state index contributed by atoms with van der Waals surface area (Å²) in [7, 11) is 0. The van der Waals surface area contributed by atoms with Crippen molar-refractivity contribution in [1.29, 1.82) is 0 Å². The van der Waals surface area contributed by atoms with Gasteiger partial charge in [0.2, 0.25) is 11.8 Å². The molecule has 3 aromatic carbocycles. The Bertz CT molecular complexity index is 1020. The third kappa shape index (κ3) is 5.42. The summed E-state index contributed by atoms with van der Waals surface area (Å²) in [6.45, 7) is 1.93. The summed E-state index contributed by atoms with van der Waals surface area (Å²) in [5, 5.41) is 4.83. The lowest BCUT2D eigenvalue weighted by Crippen LogP contribution is -2.42. The van der Waals surface area contributed by atoms with Crippen molar-refractivity contribution in [2.24, 2.45) is 0 Å². The Hall–Kier alpha value is -3.67. The van der Waals surface area contributed by atoms with Crippen molar-refractivity contribution in [2.75, 3.05) is 5.32 Å². The van der Waals surface area contributed by atoms with Gasteiger partial charge in [0.25, 0.3) is 5.91 Å². The number of hydrogen-bond acceptors (Lipinski definition) is 3. The first-order valence-electron chi connectivity index (χ1n) is 9.52. The van der Waals surface area contributed by atoms with Crippen molar-refractivity contribution >= 4 is 34.2 Å². The SMILES string of the molecule is CCCC(=O)Nc1ccc(C(=O)NNC(=O)Cc2cccc3ccccc23)cc1. The molecule has 0 unspecified atom stereocenters. The standard InChI is InChI=1S/C23H23N3O3/c1-2-6-21(27)24-19-13-11-17(12-14-19)23(29)26-25-22(28)15-18-9-5-8-16-7-3-4-10-20(16)18/h3-5,7-14H,2,6,15H2,1H3,(H,24,27)(H,25,28)(H,26,29). The molecule has 0 aliphatic heterocycles. The Morgan fingerprint density at radius 3 is 2.28 bits per heavy atom. The molecule has 3 rings (SSSR count). The fourth-order valence-corrected chi connectivity index (χ4v) is 3.02. The normalized spacial score (nSPS) is 10.4. The van der Waals surface area contributed by atoms with Crippen molar-refractivity contribution in [3.63, 3.8) is 0 Å². The Morgan fingerprint density at radius 2 is 1.52 bits per heavy atom. The average Bonchev–Trinajstić information content (AvgIpc) is 2.73. The van der Waals surface area contributed by atoms with E-state index in [1.165, 1.54) is 0 Å². The van der Waals surface area contributed by atoms with E-state index in [-0.39, 0.29) is 18.2 Å². The van der Waals surface area contributed by atoms with Gasteiger partial charge in [-0.15, -0.1) is 0 Å². The molecule has 0 spiro atoms. The second-order valence-corrected chi connectivity index (χ2v) is 6.69. The number of carbonyl (C=O) groups excluding carboxylic acids is 3. The monoisotopic (exact) mass is 389 g/mol. The van der Waals surface area contributed by atoms with Gasteiger partial charge >= 0.3 is 0 Å². The summed E-state index contributed by atoms with van der Waals surface area (Å²) in [5.74, 6) is -0.800. The minimum absolute atomic E-state index is 0.0644. The summed E-state index contributed by atoms with van der Waals surface area (Å²) in [4.78, 5) is 36.1. The number of fused-ring (bicyclic) bond motifs is 1. The number of hydrogen-bond donors (Lipinski definition) is 3. The lowest BCUT2D eigenvalue weighted by Gasteiger charge is -2.10. The first-order chi connectivity index (χ1) is 14.1. The molecular weight excluding hydrogens is 366 g/mol. The van der Waals surface area contributed by atoms with Crippen LogP contribution in [0.3, 0.4) is 0 Å². The van der Waals surface area contributed by atoms with Crippen LogP contribution in [0.5, 0.6) is 0 Å². The van der Waals surface area contributed by atoms with Crippen LogP contribution in [0.2, 0.25) is 0 Å². The van der Waals surface area contributed by atoms with E-state index in [0.717, 1.165) is 22.8 Å². The second kappa shape index (κ2) is 9.50. The summed E-state index contributed by atoms with van der Waals surface area (Å²) >= 11 is 0. The molecule has 148 valence electrons. The van der Waals surface area contributed by atoms with Gasteiger partial charge < -0.3 is 5.32 Å². The van der Waals surface area contributed by atoms with Crippen molar-refractivity contribution in [3.05, 3.63) is 77.9 Å². The number of benzene rings is 3. The number of anilines is 1. The number of hydrazine groups is 1. The Labute approximate surface area is 169 Å². The van der Waals surface area contributed by atoms with Crippen LogP contribution in [-0.4, -0.2) is 17.7 Å². The average molecular weight is 389 g/mol. The number of rotatable bonds is 6. The van der Waals surface area contributed by atoms with Crippen LogP contribution in [0, 0.1) is 0 Å². The maximum atomic E-state index is 12.3. The van der Waals surface area contributed by atoms with E-state index in [2.05, 4.69) is 16.2 Å². The highest BCUT2D eigenvalue weighted by Crippen LogP contribution is 2.18. The van der Waals surface area contributed by atoms with Gasteiger partial charge in [-0.25, -0.2) is 0 Å². The molecule has 29 heavy (non-hydrogen) atoms. The van der Waals surface area contributed by atoms with E-state index in [1.54, 1.807) is 24.3 Å². The lowest BCUT2D eigenvalue weighted by molar-refractivity contribution is -0.121. The van der Waals surface area contributed by atoms with Gasteiger partial charge in [0, 0.05) is 17.7 Å². The molecule has 3 aromatic rings. The molecular formula is C23H23N3O3. The van der Waals surface area contributed by atoms with Gasteiger partial charge in [0.05, 0.1) is 6.42 Å². The van der Waals surface area contributed by atoms with E-state index in [4.69, 9.17) is 0 Å². The maximum Gasteiger partial charge on any atom is 0.269 e. The molecule has 0 heterocycles. The molecule has 3 N–H and O–H groups in total. The number of carbonyl (C=O) groups is 3. The largest absolute Gasteiger partial charge is 0.326 e. The van der Waals surface area contributed by atoms with E-state index in [9.17, 15) is 14.4 Å². The van der Waals surface area contributed by atoms with Gasteiger partial charge in [-0.2, -0.15) is 0 Å². The van der Waals surface area contributed by atoms with Crippen LogP contribution in [0.4, 0.5) is 5.69 Å². The van der Waals surface area contributed by atoms with Crippen molar-refractivity contribution in [3.8, 4) is 0 Å². The van der Waals surface area contributed by atoms with E-state index < -0.39 is 5.91 Å². The second-order valence-electron chi connectivity index (χ2n) is 6.69. The Balaban J connectivity index is 1.54. The zero-order valence-corrected chi connectivity index (χ0v) is 16.2. The van der Waals surface area contributed by atoms with Crippen LogP contribution < -0.4 is 16.2 Å². The van der Waals surface area contributed by atoms with Crippen molar-refractivity contribution < 1.29 is 14.4 Å². The topological polar surface area (TPSA) is 87.3 Å². The van der Waals surface area contributed by atoms with Crippen LogP contribution in [0.15, 0.2) is 66.7 Å². The molecule has 0 saturated carbocycles. The summed E-state index contributed by atoms with van der Waals surface area (Å²) < 4.78 is 0. The zero-order valence-electron chi connectivity index (χ0n) is 16.2. The highest BCUT2D eigenvalue weighted by Gasteiger charge is 2.10. The molecule has 0 aliphatic rings. The van der Waals surface area contributed by atoms with Gasteiger partial charge in [-0.3, -0.25) is 25.2 Å². The highest BCUT2D eigenvalue weighted by atomic mass is 16.2. The third-order valence-electron chi connectivity index (χ3n) is 4.45. The van der Waals surface area contributed by atoms with E-state index in [0.29, 0.717) is 17.7 Å². The van der Waals surface area contributed by atoms with Crippen molar-refractivity contribution in [2.45, 2.75) is 26.2 Å². The quantitative estimate of drug-likeness (QED) is 0.563. The molecule has 0 aliphatic carbocycles. The molecule has 6 nitrogen and oxygen atoms in total. The summed E-state index contributed by atoms with van der Waals surface area (Å²) in [6, 6.07) is 20.1. The third-order valence-corrected chi connectivity index (χ3v) is 4.45. The zero-order chi connectivity index (χ0) is 20.6. The molecule has 3 amide bonds. The van der Waals surface area contributed by atoms with Gasteiger partial charge in [0.1, 0.15) is 0 Å². The predicted octanol–water partition coefficient (Wildman–Crippen LogP) is 3.58. The first kappa shape index (κ1) is 20.1. The fraction of sp³-hybridized carbons (Fsp3) is 0.174. The first-order valence-corrected chi connectivity index (χ1v) is 9.52. The van der Waals surface area contributed by atoms with Crippen LogP contribution in [0.25, 0.3) is 10.8 Å². The molecule has 0 radical (unpaired) electrons. The predicted molar refractivity (Wildman–Crippen MR) is 113 cm³/mol.